The fourth-order valence-corrected chi connectivity index (χ4v) is 3.32. The second-order valence-electron chi connectivity index (χ2n) is 7.12. The Hall–Kier alpha value is -3.85. The second-order valence-corrected chi connectivity index (χ2v) is 7.53. The lowest BCUT2D eigenvalue weighted by molar-refractivity contribution is 0.430. The highest BCUT2D eigenvalue weighted by molar-refractivity contribution is 6.30. The highest BCUT2D eigenvalue weighted by Crippen LogP contribution is 2.27. The summed E-state index contributed by atoms with van der Waals surface area (Å²) in [6.45, 7) is 4.07. The third-order valence-corrected chi connectivity index (χ3v) is 5.31. The Morgan fingerprint density at radius 1 is 1.00 bits per heavy atom. The summed E-state index contributed by atoms with van der Waals surface area (Å²) in [7, 11) is 0. The van der Waals surface area contributed by atoms with Gasteiger partial charge in [-0.15, -0.1) is 5.10 Å². The molecule has 8 nitrogen and oxygen atoms in total. The standard InChI is InChI=1S/C22H16ClFN6O2/c1-12-19(22-26-20(28-32-22)15-8-9-16(23)17(24)10-15)27-29-30(12)11-18-13(2)31-21(25-18)14-6-4-3-5-7-14/h3-10H,11H2,1-2H3. The second kappa shape index (κ2) is 8.01. The number of benzene rings is 2. The van der Waals surface area contributed by atoms with Crippen molar-refractivity contribution in [3.63, 3.8) is 0 Å². The molecule has 10 heteroatoms. The number of nitrogens with zero attached hydrogens (tertiary/aromatic N) is 6. The molecule has 2 aromatic carbocycles. The average molecular weight is 451 g/mol. The summed E-state index contributed by atoms with van der Waals surface area (Å²) in [6.07, 6.45) is 0. The third kappa shape index (κ3) is 3.67. The van der Waals surface area contributed by atoms with Crippen LogP contribution in [0.5, 0.6) is 0 Å². The van der Waals surface area contributed by atoms with E-state index >= 15 is 0 Å². The van der Waals surface area contributed by atoms with E-state index in [2.05, 4.69) is 25.4 Å². The van der Waals surface area contributed by atoms with Gasteiger partial charge in [-0.3, -0.25) is 0 Å². The highest BCUT2D eigenvalue weighted by atomic mass is 35.5. The van der Waals surface area contributed by atoms with Crippen LogP contribution in [0.4, 0.5) is 4.39 Å². The van der Waals surface area contributed by atoms with Crippen molar-refractivity contribution in [3.8, 4) is 34.4 Å². The monoisotopic (exact) mass is 450 g/mol. The normalized spacial score (nSPS) is 11.2. The first kappa shape index (κ1) is 20.1. The number of oxazole rings is 1. The van der Waals surface area contributed by atoms with E-state index in [1.807, 2.05) is 44.2 Å². The van der Waals surface area contributed by atoms with Gasteiger partial charge in [0.15, 0.2) is 5.69 Å². The van der Waals surface area contributed by atoms with Gasteiger partial charge in [0.2, 0.25) is 11.7 Å². The maximum Gasteiger partial charge on any atom is 0.280 e. The first-order valence-corrected chi connectivity index (χ1v) is 10.1. The Morgan fingerprint density at radius 2 is 1.81 bits per heavy atom. The molecule has 5 aromatic rings. The zero-order valence-electron chi connectivity index (χ0n) is 17.1. The van der Waals surface area contributed by atoms with Crippen LogP contribution in [0.2, 0.25) is 5.02 Å². The lowest BCUT2D eigenvalue weighted by atomic mass is 10.2. The van der Waals surface area contributed by atoms with Crippen LogP contribution in [-0.4, -0.2) is 30.1 Å². The molecule has 0 aliphatic heterocycles. The van der Waals surface area contributed by atoms with Gasteiger partial charge in [0, 0.05) is 11.1 Å². The van der Waals surface area contributed by atoms with Crippen LogP contribution in [-0.2, 0) is 6.54 Å². The number of aromatic nitrogens is 6. The van der Waals surface area contributed by atoms with E-state index in [1.54, 1.807) is 10.7 Å². The van der Waals surface area contributed by atoms with Gasteiger partial charge in [-0.05, 0) is 44.2 Å². The van der Waals surface area contributed by atoms with Gasteiger partial charge in [0.05, 0.1) is 17.3 Å². The predicted octanol–water partition coefficient (Wildman–Crippen LogP) is 5.11. The van der Waals surface area contributed by atoms with E-state index in [4.69, 9.17) is 20.5 Å². The van der Waals surface area contributed by atoms with Crippen molar-refractivity contribution >= 4 is 11.6 Å². The quantitative estimate of drug-likeness (QED) is 0.367. The molecule has 0 saturated carbocycles. The first-order valence-electron chi connectivity index (χ1n) is 9.71. The summed E-state index contributed by atoms with van der Waals surface area (Å²) in [5, 5.41) is 12.3. The van der Waals surface area contributed by atoms with Crippen LogP contribution in [0.1, 0.15) is 17.1 Å². The third-order valence-electron chi connectivity index (χ3n) is 5.00. The van der Waals surface area contributed by atoms with Crippen LogP contribution in [0.25, 0.3) is 34.4 Å². The van der Waals surface area contributed by atoms with E-state index < -0.39 is 5.82 Å². The van der Waals surface area contributed by atoms with Crippen LogP contribution in [0.15, 0.2) is 57.5 Å². The Kier molecular flexibility index (Phi) is 5.02. The van der Waals surface area contributed by atoms with Crippen molar-refractivity contribution in [2.75, 3.05) is 0 Å². The summed E-state index contributed by atoms with van der Waals surface area (Å²) < 4.78 is 26.6. The van der Waals surface area contributed by atoms with Gasteiger partial charge in [0.1, 0.15) is 17.3 Å². The van der Waals surface area contributed by atoms with Crippen LogP contribution in [0, 0.1) is 19.7 Å². The SMILES string of the molecule is Cc1oc(-c2ccccc2)nc1Cn1nnc(-c2nc(-c3ccc(Cl)c(F)c3)no2)c1C. The fraction of sp³-hybridized carbons (Fsp3) is 0.136. The number of rotatable bonds is 5. The summed E-state index contributed by atoms with van der Waals surface area (Å²) in [5.74, 6) is 1.10. The molecule has 0 radical (unpaired) electrons. The van der Waals surface area contributed by atoms with Crippen molar-refractivity contribution in [1.29, 1.82) is 0 Å². The minimum absolute atomic E-state index is 0.0230. The molecule has 160 valence electrons. The molecule has 0 unspecified atom stereocenters. The fourth-order valence-electron chi connectivity index (χ4n) is 3.20. The number of halogens is 2. The minimum Gasteiger partial charge on any atom is -0.441 e. The Balaban J connectivity index is 1.41. The maximum atomic E-state index is 13.8. The topological polar surface area (TPSA) is 95.7 Å². The molecule has 32 heavy (non-hydrogen) atoms. The largest absolute Gasteiger partial charge is 0.441 e. The van der Waals surface area contributed by atoms with E-state index in [-0.39, 0.29) is 16.7 Å². The summed E-state index contributed by atoms with van der Waals surface area (Å²) in [4.78, 5) is 8.93. The van der Waals surface area contributed by atoms with Gasteiger partial charge in [-0.1, -0.05) is 40.2 Å². The molecule has 0 fully saturated rings. The smallest absolute Gasteiger partial charge is 0.280 e. The summed E-state index contributed by atoms with van der Waals surface area (Å²) >= 11 is 5.73. The van der Waals surface area contributed by atoms with Crippen molar-refractivity contribution < 1.29 is 13.3 Å². The summed E-state index contributed by atoms with van der Waals surface area (Å²) in [6, 6.07) is 14.0. The zero-order valence-corrected chi connectivity index (χ0v) is 17.8. The van der Waals surface area contributed by atoms with E-state index in [1.165, 1.54) is 12.1 Å². The molecule has 0 amide bonds. The zero-order chi connectivity index (χ0) is 22.2. The molecule has 0 saturated heterocycles. The minimum atomic E-state index is -0.560. The van der Waals surface area contributed by atoms with Crippen molar-refractivity contribution in [2.24, 2.45) is 0 Å². The van der Waals surface area contributed by atoms with Crippen LogP contribution >= 0.6 is 11.6 Å². The van der Waals surface area contributed by atoms with Crippen molar-refractivity contribution in [3.05, 3.63) is 76.5 Å². The first-order chi connectivity index (χ1) is 15.5. The van der Waals surface area contributed by atoms with Gasteiger partial charge in [0.25, 0.3) is 5.89 Å². The molecule has 0 atom stereocenters. The van der Waals surface area contributed by atoms with E-state index in [0.717, 1.165) is 11.3 Å². The van der Waals surface area contributed by atoms with Gasteiger partial charge in [-0.25, -0.2) is 14.1 Å². The lowest BCUT2D eigenvalue weighted by Gasteiger charge is -2.00. The molecule has 0 aliphatic rings. The van der Waals surface area contributed by atoms with Gasteiger partial charge >= 0.3 is 0 Å². The van der Waals surface area contributed by atoms with E-state index in [0.29, 0.717) is 35.1 Å². The number of hydrogen-bond acceptors (Lipinski definition) is 7. The Labute approximate surface area is 186 Å². The maximum absolute atomic E-state index is 13.8. The highest BCUT2D eigenvalue weighted by Gasteiger charge is 2.20. The summed E-state index contributed by atoms with van der Waals surface area (Å²) in [5.41, 5.74) is 3.23. The number of hydrogen-bond donors (Lipinski definition) is 0. The number of aryl methyl sites for hydroxylation is 1. The molecule has 0 spiro atoms. The molecular formula is C22H16ClFN6O2. The predicted molar refractivity (Wildman–Crippen MR) is 114 cm³/mol. The Morgan fingerprint density at radius 3 is 2.59 bits per heavy atom. The van der Waals surface area contributed by atoms with Crippen LogP contribution in [0.3, 0.4) is 0 Å². The average Bonchev–Trinajstić information content (AvgIpc) is 3.51. The van der Waals surface area contributed by atoms with Crippen molar-refractivity contribution in [2.45, 2.75) is 20.4 Å². The van der Waals surface area contributed by atoms with Gasteiger partial charge in [-0.2, -0.15) is 4.98 Å². The molecule has 0 bridgehead atoms. The Bertz CT molecular complexity index is 1410. The molecular weight excluding hydrogens is 435 g/mol. The molecule has 5 rings (SSSR count). The molecule has 0 aliphatic carbocycles. The van der Waals surface area contributed by atoms with Crippen molar-refractivity contribution in [1.82, 2.24) is 30.1 Å². The lowest BCUT2D eigenvalue weighted by Crippen LogP contribution is -2.05. The van der Waals surface area contributed by atoms with Gasteiger partial charge < -0.3 is 8.94 Å². The molecule has 3 heterocycles. The molecule has 0 N–H and O–H groups in total. The molecule has 3 aromatic heterocycles. The van der Waals surface area contributed by atoms with Crippen LogP contribution < -0.4 is 0 Å². The van der Waals surface area contributed by atoms with E-state index in [9.17, 15) is 4.39 Å².